The van der Waals surface area contributed by atoms with Gasteiger partial charge >= 0.3 is 0 Å². The van der Waals surface area contributed by atoms with Crippen LogP contribution in [-0.2, 0) is 20.2 Å². The molecule has 4 aromatic heterocycles. The van der Waals surface area contributed by atoms with Crippen LogP contribution in [0, 0.1) is 27.7 Å². The monoisotopic (exact) mass is 976 g/mol. The molecule has 0 aliphatic carbocycles. The summed E-state index contributed by atoms with van der Waals surface area (Å²) in [5, 5.41) is 0. The van der Waals surface area contributed by atoms with Crippen molar-refractivity contribution >= 4 is 70.4 Å². The number of aromatic nitrogens is 4. The summed E-state index contributed by atoms with van der Waals surface area (Å²) in [7, 11) is -9.25. The van der Waals surface area contributed by atoms with Crippen molar-refractivity contribution in [2.45, 2.75) is 37.5 Å². The lowest BCUT2D eigenvalue weighted by molar-refractivity contribution is 0.103. The van der Waals surface area contributed by atoms with Crippen molar-refractivity contribution in [2.24, 2.45) is 0 Å². The molecule has 0 radical (unpaired) electrons. The quantitative estimate of drug-likeness (QED) is 0.0954. The third kappa shape index (κ3) is 9.36. The summed E-state index contributed by atoms with van der Waals surface area (Å²) >= 11 is 0. The summed E-state index contributed by atoms with van der Waals surface area (Å²) < 4.78 is 100. The molecule has 0 spiro atoms. The minimum Gasteiger partial charge on any atom is -0.457 e. The van der Waals surface area contributed by atoms with Gasteiger partial charge in [0.15, 0.2) is 39.9 Å². The van der Waals surface area contributed by atoms with E-state index in [4.69, 9.17) is 31.7 Å². The van der Waals surface area contributed by atoms with Gasteiger partial charge in [0.2, 0.25) is 11.8 Å². The van der Waals surface area contributed by atoms with Gasteiger partial charge in [0.25, 0.3) is 20.2 Å². The minimum atomic E-state index is -4.80. The fourth-order valence-electron chi connectivity index (χ4n) is 7.51. The fourth-order valence-corrected chi connectivity index (χ4v) is 8.62. The normalized spacial score (nSPS) is 11.9. The topological polar surface area (TPSA) is 248 Å². The molecule has 17 nitrogen and oxygen atoms in total. The number of benzene rings is 7. The average molecular weight is 977 g/mol. The van der Waals surface area contributed by atoms with Gasteiger partial charge in [-0.05, 0) is 111 Å². The van der Waals surface area contributed by atoms with Crippen LogP contribution in [0.4, 0.5) is 0 Å². The van der Waals surface area contributed by atoms with Gasteiger partial charge in [0.1, 0.15) is 50.0 Å². The van der Waals surface area contributed by atoms with Crippen LogP contribution in [0.1, 0.15) is 38.8 Å². The Morgan fingerprint density at radius 3 is 1.60 bits per heavy atom. The van der Waals surface area contributed by atoms with Crippen molar-refractivity contribution in [2.75, 3.05) is 0 Å². The summed E-state index contributed by atoms with van der Waals surface area (Å²) in [5.41, 5.74) is 9.49. The van der Waals surface area contributed by atoms with Gasteiger partial charge in [-0.3, -0.25) is 13.9 Å². The molecule has 70 heavy (non-hydrogen) atoms. The smallest absolute Gasteiger partial charge is 0.298 e. The fraction of sp³-hybridized carbons (Fsp3) is 0.0784. The summed E-state index contributed by atoms with van der Waals surface area (Å²) in [6.45, 7) is 7.49. The Morgan fingerprint density at radius 2 is 1.00 bits per heavy atom. The molecule has 0 bridgehead atoms. The van der Waals surface area contributed by atoms with E-state index in [-0.39, 0.29) is 39.6 Å². The van der Waals surface area contributed by atoms with Crippen LogP contribution in [0.2, 0.25) is 0 Å². The largest absolute Gasteiger partial charge is 0.457 e. The Balaban J connectivity index is 0.000000234. The van der Waals surface area contributed by atoms with E-state index in [1.165, 1.54) is 42.0 Å². The number of aryl methyl sites for hydroxylation is 4. The van der Waals surface area contributed by atoms with Crippen molar-refractivity contribution < 1.29 is 57.9 Å². The molecule has 2 N–H and O–H groups in total. The third-order valence-corrected chi connectivity index (χ3v) is 12.6. The number of nitrogens with zero attached hydrogens (tertiary/aromatic N) is 4. The van der Waals surface area contributed by atoms with E-state index in [0.717, 1.165) is 45.9 Å². The maximum absolute atomic E-state index is 13.8. The highest BCUT2D eigenvalue weighted by molar-refractivity contribution is 7.86. The van der Waals surface area contributed by atoms with Crippen LogP contribution >= 0.6 is 0 Å². The Kier molecular flexibility index (Phi) is 11.4. The Labute approximate surface area is 397 Å². The number of hydrogen-bond donors (Lipinski definition) is 2. The second-order valence-corrected chi connectivity index (χ2v) is 18.9. The van der Waals surface area contributed by atoms with Gasteiger partial charge in [-0.15, -0.1) is 0 Å². The molecule has 0 saturated carbocycles. The number of rotatable bonds is 10. The first-order valence-electron chi connectivity index (χ1n) is 21.1. The number of hydrogen-bond acceptors (Lipinski definition) is 15. The molecular weight excluding hydrogens is 941 g/mol. The molecule has 19 heteroatoms. The standard InChI is InChI=1S/C35H24N2O11S2.C16H12N2O2/c1-19-3-13-26(35-37-29-17-28-31(18-32(29)48-35)45-20(2)36-28)27(15-19)34(38)21-4-6-22(7-5-21)46-24-10-14-30(33(16-24)50(42,43)44)47-23-8-11-25(12-9-23)49(39,40)41;1-9-3-5-11(6-4-9)16-18-13-7-12-14(8-15(13)20-16)19-10(2)17-12/h3-18H,1-2H3,(H,39,40,41)(H,42,43,44);3-8H,1-2H3. The van der Waals surface area contributed by atoms with Gasteiger partial charge in [-0.1, -0.05) is 29.3 Å². The highest BCUT2D eigenvalue weighted by atomic mass is 32.2. The zero-order valence-corrected chi connectivity index (χ0v) is 38.8. The predicted octanol–water partition coefficient (Wildman–Crippen LogP) is 11.8. The zero-order chi connectivity index (χ0) is 49.1. The zero-order valence-electron chi connectivity index (χ0n) is 37.2. The van der Waals surface area contributed by atoms with Gasteiger partial charge in [-0.2, -0.15) is 16.8 Å². The molecule has 0 aliphatic heterocycles. The maximum Gasteiger partial charge on any atom is 0.298 e. The lowest BCUT2D eigenvalue weighted by Gasteiger charge is -2.13. The lowest BCUT2D eigenvalue weighted by Crippen LogP contribution is -2.04. The van der Waals surface area contributed by atoms with E-state index in [1.807, 2.05) is 56.3 Å². The van der Waals surface area contributed by atoms with Gasteiger partial charge in [0, 0.05) is 54.3 Å². The van der Waals surface area contributed by atoms with Crippen LogP contribution in [-0.4, -0.2) is 51.7 Å². The van der Waals surface area contributed by atoms with Crippen LogP contribution in [0.25, 0.3) is 67.3 Å². The summed E-state index contributed by atoms with van der Waals surface area (Å²) in [6.07, 6.45) is 0. The Morgan fingerprint density at radius 1 is 0.486 bits per heavy atom. The molecule has 0 aliphatic rings. The Bertz CT molecular complexity index is 3960. The molecule has 350 valence electrons. The van der Waals surface area contributed by atoms with Crippen LogP contribution in [0.5, 0.6) is 23.0 Å². The van der Waals surface area contributed by atoms with Crippen molar-refractivity contribution in [3.8, 4) is 45.9 Å². The number of fused-ring (bicyclic) bond motifs is 4. The van der Waals surface area contributed by atoms with Crippen molar-refractivity contribution in [1.29, 1.82) is 0 Å². The van der Waals surface area contributed by atoms with E-state index in [1.54, 1.807) is 43.3 Å². The number of carbonyl (C=O) groups excluding carboxylic acids is 1. The molecule has 0 unspecified atom stereocenters. The molecule has 0 amide bonds. The molecule has 0 saturated heterocycles. The lowest BCUT2D eigenvalue weighted by atomic mass is 9.96. The van der Waals surface area contributed by atoms with Crippen LogP contribution in [0.15, 0.2) is 161 Å². The number of ketones is 1. The number of ether oxygens (including phenoxy) is 2. The summed E-state index contributed by atoms with van der Waals surface area (Å²) in [6, 6.07) is 35.0. The highest BCUT2D eigenvalue weighted by Crippen LogP contribution is 2.36. The minimum absolute atomic E-state index is 0.0277. The average Bonchev–Trinajstić information content (AvgIpc) is 4.11. The predicted molar refractivity (Wildman–Crippen MR) is 256 cm³/mol. The molecule has 11 aromatic rings. The van der Waals surface area contributed by atoms with E-state index < -0.39 is 25.1 Å². The first kappa shape index (κ1) is 45.3. The molecule has 0 fully saturated rings. The number of carbonyl (C=O) groups is 1. The summed E-state index contributed by atoms with van der Waals surface area (Å²) in [5.74, 6) is 1.78. The van der Waals surface area contributed by atoms with E-state index in [0.29, 0.717) is 62.1 Å². The van der Waals surface area contributed by atoms with Crippen LogP contribution < -0.4 is 9.47 Å². The Hall–Kier alpha value is -8.49. The van der Waals surface area contributed by atoms with Crippen LogP contribution in [0.3, 0.4) is 0 Å². The highest BCUT2D eigenvalue weighted by Gasteiger charge is 2.22. The van der Waals surface area contributed by atoms with Crippen molar-refractivity contribution in [3.63, 3.8) is 0 Å². The van der Waals surface area contributed by atoms with Crippen molar-refractivity contribution in [3.05, 3.63) is 167 Å². The SMILES string of the molecule is Cc1ccc(-c2nc3cc4nc(C)oc4cc3o2)c(C(=O)c2ccc(Oc3ccc(Oc4ccc(S(=O)(=O)O)cc4)c(S(=O)(=O)O)c3)cc2)c1.Cc1ccc(-c2nc3cc4nc(C)oc4cc3o2)cc1. The number of oxazole rings is 4. The van der Waals surface area contributed by atoms with E-state index in [9.17, 15) is 26.2 Å². The molecule has 11 rings (SSSR count). The van der Waals surface area contributed by atoms with Gasteiger partial charge < -0.3 is 27.1 Å². The van der Waals surface area contributed by atoms with Crippen molar-refractivity contribution in [1.82, 2.24) is 19.9 Å². The molecule has 0 atom stereocenters. The summed E-state index contributed by atoms with van der Waals surface area (Å²) in [4.78, 5) is 30.6. The second kappa shape index (κ2) is 17.5. The molecular formula is C51H36N4O13S2. The maximum atomic E-state index is 13.8. The van der Waals surface area contributed by atoms with E-state index in [2.05, 4.69) is 26.9 Å². The first-order chi connectivity index (χ1) is 33.4. The molecule has 4 heterocycles. The van der Waals surface area contributed by atoms with E-state index >= 15 is 0 Å². The first-order valence-corrected chi connectivity index (χ1v) is 24.0. The van der Waals surface area contributed by atoms with Gasteiger partial charge in [0.05, 0.1) is 4.90 Å². The second-order valence-electron chi connectivity index (χ2n) is 16.1. The van der Waals surface area contributed by atoms with Gasteiger partial charge in [-0.25, -0.2) is 19.9 Å². The third-order valence-electron chi connectivity index (χ3n) is 10.9. The molecule has 7 aromatic carbocycles.